The number of nitrogens with zero attached hydrogens (tertiary/aromatic N) is 2. The van der Waals surface area contributed by atoms with Crippen LogP contribution in [0.5, 0.6) is 0 Å². The van der Waals surface area contributed by atoms with Crippen molar-refractivity contribution in [3.05, 3.63) is 29.8 Å². The molecule has 0 aromatic heterocycles. The van der Waals surface area contributed by atoms with Crippen LogP contribution in [0, 0.1) is 0 Å². The first-order valence-corrected chi connectivity index (χ1v) is 6.99. The summed E-state index contributed by atoms with van der Waals surface area (Å²) in [6, 6.07) is 7.17. The highest BCUT2D eigenvalue weighted by atomic mass is 16.5. The van der Waals surface area contributed by atoms with Crippen LogP contribution in [0.15, 0.2) is 24.3 Å². The van der Waals surface area contributed by atoms with Crippen LogP contribution in [0.4, 0.5) is 5.69 Å². The fourth-order valence-electron chi connectivity index (χ4n) is 2.12. The summed E-state index contributed by atoms with van der Waals surface area (Å²) in [4.78, 5) is 27.2. The number of benzene rings is 1. The third-order valence-electron chi connectivity index (χ3n) is 3.32. The van der Waals surface area contributed by atoms with Crippen LogP contribution < -0.4 is 5.32 Å². The van der Waals surface area contributed by atoms with Crippen molar-refractivity contribution in [1.82, 2.24) is 9.80 Å². The molecule has 1 aliphatic heterocycles. The van der Waals surface area contributed by atoms with E-state index in [1.807, 2.05) is 6.07 Å². The first-order valence-electron chi connectivity index (χ1n) is 6.99. The molecule has 1 aromatic carbocycles. The van der Waals surface area contributed by atoms with Gasteiger partial charge in [0, 0.05) is 38.4 Å². The summed E-state index contributed by atoms with van der Waals surface area (Å²) in [5.41, 5.74) is 1.37. The zero-order valence-corrected chi connectivity index (χ0v) is 12.5. The highest BCUT2D eigenvalue weighted by molar-refractivity contribution is 5.95. The molecule has 21 heavy (non-hydrogen) atoms. The maximum Gasteiger partial charge on any atom is 0.253 e. The Kier molecular flexibility index (Phi) is 5.16. The van der Waals surface area contributed by atoms with Crippen LogP contribution in [0.2, 0.25) is 0 Å². The molecule has 1 fully saturated rings. The van der Waals surface area contributed by atoms with Crippen LogP contribution in [0.1, 0.15) is 10.4 Å². The molecule has 0 aliphatic carbocycles. The van der Waals surface area contributed by atoms with Gasteiger partial charge < -0.3 is 19.9 Å². The SMILES string of the molecule is CN(C)C(=O)c1cccc(NCC(=O)N2CCOCC2)c1. The molecule has 0 saturated carbocycles. The van der Waals surface area contributed by atoms with Gasteiger partial charge in [0.05, 0.1) is 19.8 Å². The monoisotopic (exact) mass is 291 g/mol. The Morgan fingerprint density at radius 1 is 1.29 bits per heavy atom. The van der Waals surface area contributed by atoms with E-state index >= 15 is 0 Å². The van der Waals surface area contributed by atoms with E-state index in [2.05, 4.69) is 5.32 Å². The summed E-state index contributed by atoms with van der Waals surface area (Å²) >= 11 is 0. The molecule has 0 bridgehead atoms. The number of anilines is 1. The summed E-state index contributed by atoms with van der Waals surface area (Å²) in [7, 11) is 3.43. The van der Waals surface area contributed by atoms with E-state index in [0.717, 1.165) is 5.69 Å². The molecule has 2 rings (SSSR count). The van der Waals surface area contributed by atoms with Gasteiger partial charge in [-0.2, -0.15) is 0 Å². The van der Waals surface area contributed by atoms with Crippen LogP contribution in [0.3, 0.4) is 0 Å². The molecule has 0 atom stereocenters. The molecule has 1 saturated heterocycles. The minimum atomic E-state index is -0.0573. The molecule has 0 unspecified atom stereocenters. The highest BCUT2D eigenvalue weighted by Gasteiger charge is 2.16. The Balaban J connectivity index is 1.92. The van der Waals surface area contributed by atoms with Gasteiger partial charge in [0.1, 0.15) is 0 Å². The number of morpholine rings is 1. The lowest BCUT2D eigenvalue weighted by Gasteiger charge is -2.27. The van der Waals surface area contributed by atoms with Gasteiger partial charge in [-0.25, -0.2) is 0 Å². The second kappa shape index (κ2) is 7.08. The Morgan fingerprint density at radius 3 is 2.67 bits per heavy atom. The molecule has 1 N–H and O–H groups in total. The molecule has 0 spiro atoms. The van der Waals surface area contributed by atoms with Crippen molar-refractivity contribution in [2.75, 3.05) is 52.3 Å². The lowest BCUT2D eigenvalue weighted by atomic mass is 10.2. The van der Waals surface area contributed by atoms with Gasteiger partial charge in [0.15, 0.2) is 0 Å². The Hall–Kier alpha value is -2.08. The number of rotatable bonds is 4. The van der Waals surface area contributed by atoms with E-state index in [4.69, 9.17) is 4.74 Å². The third kappa shape index (κ3) is 4.19. The van der Waals surface area contributed by atoms with E-state index in [1.54, 1.807) is 37.2 Å². The summed E-state index contributed by atoms with van der Waals surface area (Å²) in [6.45, 7) is 2.69. The fraction of sp³-hybridized carbons (Fsp3) is 0.467. The average Bonchev–Trinajstić information content (AvgIpc) is 2.53. The molecule has 6 nitrogen and oxygen atoms in total. The normalized spacial score (nSPS) is 14.7. The van der Waals surface area contributed by atoms with Crippen molar-refractivity contribution in [2.45, 2.75) is 0 Å². The topological polar surface area (TPSA) is 61.9 Å². The maximum absolute atomic E-state index is 12.0. The second-order valence-electron chi connectivity index (χ2n) is 5.13. The third-order valence-corrected chi connectivity index (χ3v) is 3.32. The minimum absolute atomic E-state index is 0.0441. The molecule has 1 aromatic rings. The minimum Gasteiger partial charge on any atom is -0.378 e. The molecule has 0 radical (unpaired) electrons. The highest BCUT2D eigenvalue weighted by Crippen LogP contribution is 2.12. The van der Waals surface area contributed by atoms with Crippen LogP contribution >= 0.6 is 0 Å². The molecule has 1 aliphatic rings. The number of amides is 2. The predicted molar refractivity (Wildman–Crippen MR) is 80.3 cm³/mol. The van der Waals surface area contributed by atoms with E-state index in [9.17, 15) is 9.59 Å². The van der Waals surface area contributed by atoms with Crippen LogP contribution in [0.25, 0.3) is 0 Å². The van der Waals surface area contributed by atoms with E-state index in [1.165, 1.54) is 4.90 Å². The summed E-state index contributed by atoms with van der Waals surface area (Å²) in [5, 5.41) is 3.07. The van der Waals surface area contributed by atoms with Gasteiger partial charge in [-0.15, -0.1) is 0 Å². The maximum atomic E-state index is 12.0. The van der Waals surface area contributed by atoms with Gasteiger partial charge >= 0.3 is 0 Å². The second-order valence-corrected chi connectivity index (χ2v) is 5.13. The Morgan fingerprint density at radius 2 is 2.00 bits per heavy atom. The number of hydrogen-bond donors (Lipinski definition) is 1. The number of hydrogen-bond acceptors (Lipinski definition) is 4. The average molecular weight is 291 g/mol. The molecule has 6 heteroatoms. The van der Waals surface area contributed by atoms with Crippen molar-refractivity contribution in [3.8, 4) is 0 Å². The van der Waals surface area contributed by atoms with Crippen molar-refractivity contribution >= 4 is 17.5 Å². The first-order chi connectivity index (χ1) is 10.1. The first kappa shape index (κ1) is 15.3. The van der Waals surface area contributed by atoms with E-state index in [-0.39, 0.29) is 18.4 Å². The largest absolute Gasteiger partial charge is 0.378 e. The predicted octanol–water partition coefficient (Wildman–Crippen LogP) is 0.659. The quantitative estimate of drug-likeness (QED) is 0.885. The number of carbonyl (C=O) groups excluding carboxylic acids is 2. The van der Waals surface area contributed by atoms with Crippen LogP contribution in [-0.4, -0.2) is 68.6 Å². The smallest absolute Gasteiger partial charge is 0.253 e. The van der Waals surface area contributed by atoms with Gasteiger partial charge in [0.25, 0.3) is 5.91 Å². The van der Waals surface area contributed by atoms with E-state index < -0.39 is 0 Å². The number of nitrogens with one attached hydrogen (secondary N) is 1. The van der Waals surface area contributed by atoms with Gasteiger partial charge in [-0.1, -0.05) is 6.07 Å². The molecule has 1 heterocycles. The zero-order chi connectivity index (χ0) is 15.2. The van der Waals surface area contributed by atoms with Crippen molar-refractivity contribution < 1.29 is 14.3 Å². The summed E-state index contributed by atoms with van der Waals surface area (Å²) in [6.07, 6.45) is 0. The molecular weight excluding hydrogens is 270 g/mol. The fourth-order valence-corrected chi connectivity index (χ4v) is 2.12. The summed E-state index contributed by atoms with van der Waals surface area (Å²) < 4.78 is 5.22. The van der Waals surface area contributed by atoms with Gasteiger partial charge in [-0.3, -0.25) is 9.59 Å². The molecule has 2 amide bonds. The van der Waals surface area contributed by atoms with E-state index in [0.29, 0.717) is 31.9 Å². The number of ether oxygens (including phenoxy) is 1. The van der Waals surface area contributed by atoms with Gasteiger partial charge in [0.2, 0.25) is 5.91 Å². The Bertz CT molecular complexity index is 511. The standard InChI is InChI=1S/C15H21N3O3/c1-17(2)15(20)12-4-3-5-13(10-12)16-11-14(19)18-6-8-21-9-7-18/h3-5,10,16H,6-9,11H2,1-2H3. The number of carbonyl (C=O) groups is 2. The lowest BCUT2D eigenvalue weighted by molar-refractivity contribution is -0.133. The van der Waals surface area contributed by atoms with Crippen molar-refractivity contribution in [2.24, 2.45) is 0 Å². The Labute approximate surface area is 124 Å². The van der Waals surface area contributed by atoms with Gasteiger partial charge in [-0.05, 0) is 18.2 Å². The molecular formula is C15H21N3O3. The lowest BCUT2D eigenvalue weighted by Crippen LogP contribution is -2.43. The van der Waals surface area contributed by atoms with Crippen molar-refractivity contribution in [3.63, 3.8) is 0 Å². The van der Waals surface area contributed by atoms with Crippen molar-refractivity contribution in [1.29, 1.82) is 0 Å². The van der Waals surface area contributed by atoms with Crippen LogP contribution in [-0.2, 0) is 9.53 Å². The molecule has 114 valence electrons. The zero-order valence-electron chi connectivity index (χ0n) is 12.5. The summed E-state index contributed by atoms with van der Waals surface area (Å²) in [5.74, 6) is -0.0132.